The van der Waals surface area contributed by atoms with Crippen molar-refractivity contribution in [1.82, 2.24) is 29.5 Å². The van der Waals surface area contributed by atoms with Crippen LogP contribution in [0.3, 0.4) is 0 Å². The first kappa shape index (κ1) is 22.6. The second kappa shape index (κ2) is 9.20. The summed E-state index contributed by atoms with van der Waals surface area (Å²) < 4.78 is 23.3. The van der Waals surface area contributed by atoms with Crippen molar-refractivity contribution < 1.29 is 9.13 Å². The third-order valence-corrected chi connectivity index (χ3v) is 8.11. The van der Waals surface area contributed by atoms with E-state index < -0.39 is 0 Å². The number of nitrogens with two attached hydrogens (primary N) is 1. The number of methoxy groups -OCH3 is 1. The second-order valence-electron chi connectivity index (χ2n) is 9.13. The minimum absolute atomic E-state index is 0.206. The van der Waals surface area contributed by atoms with E-state index in [1.807, 2.05) is 4.68 Å². The fourth-order valence-electron chi connectivity index (χ4n) is 5.22. The van der Waals surface area contributed by atoms with E-state index in [1.165, 1.54) is 29.2 Å². The Morgan fingerprint density at radius 3 is 2.45 bits per heavy atom. The zero-order chi connectivity index (χ0) is 23.1. The molecule has 2 aromatic heterocycles. The molecule has 1 aliphatic heterocycles. The molecule has 3 heterocycles. The Balaban J connectivity index is 1.47. The maximum absolute atomic E-state index is 15.1. The Hall–Kier alpha value is -2.22. The Kier molecular flexibility index (Phi) is 6.29. The first-order valence-electron chi connectivity index (χ1n) is 11.5. The van der Waals surface area contributed by atoms with Crippen LogP contribution in [-0.4, -0.2) is 92.8 Å². The summed E-state index contributed by atoms with van der Waals surface area (Å²) in [5.41, 5.74) is 7.77. The number of fused-ring (bicyclic) bond motifs is 1. The summed E-state index contributed by atoms with van der Waals surface area (Å²) in [6.45, 7) is 4.55. The average Bonchev–Trinajstić information content (AvgIpc) is 3.21. The van der Waals surface area contributed by atoms with E-state index in [4.69, 9.17) is 15.6 Å². The first-order chi connectivity index (χ1) is 16.0. The third-order valence-electron chi connectivity index (χ3n) is 7.16. The maximum atomic E-state index is 15.1. The van der Waals surface area contributed by atoms with E-state index >= 15 is 4.39 Å². The van der Waals surface area contributed by atoms with E-state index in [0.717, 1.165) is 56.2 Å². The monoisotopic (exact) mass is 515 g/mol. The fraction of sp³-hybridized carbons (Fsp3) is 0.522. The summed E-state index contributed by atoms with van der Waals surface area (Å²) in [7, 11) is 3.78. The van der Waals surface area contributed by atoms with E-state index in [1.54, 1.807) is 13.2 Å². The summed E-state index contributed by atoms with van der Waals surface area (Å²) >= 11 is 1.31. The van der Waals surface area contributed by atoms with Gasteiger partial charge in [0, 0.05) is 26.2 Å². The molecule has 2 fully saturated rings. The number of likely N-dealkylation sites (N-methyl/N-ethyl adjacent to an activating group) is 1. The molecule has 5 rings (SSSR count). The number of aromatic nitrogens is 4. The number of benzene rings is 1. The van der Waals surface area contributed by atoms with Crippen molar-refractivity contribution >= 4 is 38.1 Å². The van der Waals surface area contributed by atoms with Gasteiger partial charge in [-0.05, 0) is 7.05 Å². The first-order valence-corrected chi connectivity index (χ1v) is 12.7. The van der Waals surface area contributed by atoms with Crippen LogP contribution in [0.25, 0.3) is 22.3 Å². The molecule has 1 unspecified atom stereocenters. The zero-order valence-corrected chi connectivity index (χ0v) is 21.6. The number of rotatable bonds is 4. The van der Waals surface area contributed by atoms with Gasteiger partial charge in [0.1, 0.15) is 0 Å². The standard InChI is InChI=1S/C23H31AsFN7O/c1-30-7-9-31(10-8-30)14-3-5-15(6-4-14)32-23-20(22(26)27-13-28-23)21(29-32)16-11-19(33-2)17(24)12-18(16)25/h11-15H,3-10,24H2,1-2H3,(H2,26,27,28). The Bertz CT molecular complexity index is 1150. The molecule has 2 N–H and O–H groups in total. The number of halogens is 1. The molecule has 8 nitrogen and oxygen atoms in total. The molecule has 0 amide bonds. The van der Waals surface area contributed by atoms with Gasteiger partial charge in [0.2, 0.25) is 0 Å². The quantitative estimate of drug-likeness (QED) is 0.523. The molecule has 176 valence electrons. The van der Waals surface area contributed by atoms with Crippen LogP contribution in [0.4, 0.5) is 10.2 Å². The number of anilines is 1. The van der Waals surface area contributed by atoms with E-state index in [2.05, 4.69) is 26.8 Å². The Morgan fingerprint density at radius 1 is 1.06 bits per heavy atom. The summed E-state index contributed by atoms with van der Waals surface area (Å²) in [4.78, 5) is 13.7. The van der Waals surface area contributed by atoms with Gasteiger partial charge in [0.05, 0.1) is 0 Å². The molecule has 1 aromatic carbocycles. The Morgan fingerprint density at radius 2 is 1.76 bits per heavy atom. The Labute approximate surface area is 201 Å². The van der Waals surface area contributed by atoms with Crippen molar-refractivity contribution in [1.29, 1.82) is 0 Å². The van der Waals surface area contributed by atoms with E-state index in [-0.39, 0.29) is 11.9 Å². The van der Waals surface area contributed by atoms with Crippen LogP contribution >= 0.6 is 0 Å². The van der Waals surface area contributed by atoms with Crippen molar-refractivity contribution in [2.24, 2.45) is 0 Å². The summed E-state index contributed by atoms with van der Waals surface area (Å²) in [5, 5.41) is 5.49. The van der Waals surface area contributed by atoms with Crippen molar-refractivity contribution in [2.45, 2.75) is 37.8 Å². The van der Waals surface area contributed by atoms with Crippen LogP contribution in [0.15, 0.2) is 18.5 Å². The molecule has 33 heavy (non-hydrogen) atoms. The van der Waals surface area contributed by atoms with Gasteiger partial charge in [0.25, 0.3) is 0 Å². The van der Waals surface area contributed by atoms with Crippen LogP contribution in [0.1, 0.15) is 31.7 Å². The van der Waals surface area contributed by atoms with Gasteiger partial charge < -0.3 is 4.90 Å². The molecule has 3 aromatic rings. The fourth-order valence-corrected chi connectivity index (χ4v) is 5.95. The van der Waals surface area contributed by atoms with Crippen LogP contribution in [0.5, 0.6) is 5.75 Å². The number of ether oxygens (including phenoxy) is 1. The van der Waals surface area contributed by atoms with Crippen LogP contribution < -0.4 is 14.8 Å². The van der Waals surface area contributed by atoms with E-state index in [9.17, 15) is 0 Å². The molecular weight excluding hydrogens is 484 g/mol. The molecule has 0 bridgehead atoms. The number of hydrogen-bond donors (Lipinski definition) is 1. The minimum atomic E-state index is -0.344. The van der Waals surface area contributed by atoms with Crippen molar-refractivity contribution in [3.8, 4) is 17.0 Å². The van der Waals surface area contributed by atoms with Crippen LogP contribution in [0.2, 0.25) is 0 Å². The molecule has 1 aliphatic carbocycles. The SMILES string of the molecule is COc1cc(-c2nn(C3CCC(N4CCN(C)CC4)CC3)c3ncnc(N)c23)c(F)cc1[AsH2]. The summed E-state index contributed by atoms with van der Waals surface area (Å²) in [6, 6.07) is 4.03. The van der Waals surface area contributed by atoms with Gasteiger partial charge in [-0.15, -0.1) is 0 Å². The van der Waals surface area contributed by atoms with Gasteiger partial charge >= 0.3 is 164 Å². The van der Waals surface area contributed by atoms with Crippen molar-refractivity contribution in [3.63, 3.8) is 0 Å². The molecule has 1 atom stereocenters. The van der Waals surface area contributed by atoms with Crippen molar-refractivity contribution in [3.05, 3.63) is 24.3 Å². The molecule has 10 heteroatoms. The molecule has 2 aliphatic rings. The number of piperazine rings is 1. The van der Waals surface area contributed by atoms with E-state index in [0.29, 0.717) is 39.9 Å². The molecular formula is C23H31AsFN7O. The predicted octanol–water partition coefficient (Wildman–Crippen LogP) is 1.21. The third kappa shape index (κ3) is 4.22. The summed E-state index contributed by atoms with van der Waals surface area (Å²) in [6.07, 6.45) is 5.74. The normalized spacial score (nSPS) is 22.7. The molecule has 0 spiro atoms. The number of nitrogen functional groups attached to an aromatic ring is 1. The molecule has 0 radical (unpaired) electrons. The number of hydrogen-bond acceptors (Lipinski definition) is 7. The van der Waals surface area contributed by atoms with Crippen LogP contribution in [0, 0.1) is 5.82 Å². The van der Waals surface area contributed by atoms with Gasteiger partial charge in [-0.3, -0.25) is 0 Å². The average molecular weight is 515 g/mol. The number of nitrogens with zero attached hydrogens (tertiary/aromatic N) is 6. The predicted molar refractivity (Wildman–Crippen MR) is 130 cm³/mol. The molecule has 1 saturated carbocycles. The summed E-state index contributed by atoms with van der Waals surface area (Å²) in [5.74, 6) is 0.608. The zero-order valence-electron chi connectivity index (χ0n) is 19.2. The topological polar surface area (TPSA) is 85.3 Å². The van der Waals surface area contributed by atoms with Gasteiger partial charge in [0.15, 0.2) is 0 Å². The molecule has 1 saturated heterocycles. The van der Waals surface area contributed by atoms with Crippen molar-refractivity contribution in [2.75, 3.05) is 46.1 Å². The van der Waals surface area contributed by atoms with Gasteiger partial charge in [-0.1, -0.05) is 0 Å². The van der Waals surface area contributed by atoms with Gasteiger partial charge in [-0.25, -0.2) is 0 Å². The van der Waals surface area contributed by atoms with Gasteiger partial charge in [-0.2, -0.15) is 0 Å². The van der Waals surface area contributed by atoms with Crippen LogP contribution in [-0.2, 0) is 0 Å². The second-order valence-corrected chi connectivity index (χ2v) is 10.4.